The molecule has 3 heterocycles. The van der Waals surface area contributed by atoms with Gasteiger partial charge in [0, 0.05) is 17.8 Å². The number of benzene rings is 1. The smallest absolute Gasteiger partial charge is 0.338 e. The Morgan fingerprint density at radius 1 is 1.29 bits per heavy atom. The van der Waals surface area contributed by atoms with E-state index in [4.69, 9.17) is 14.6 Å². The molecule has 1 aliphatic heterocycles. The Morgan fingerprint density at radius 2 is 2.10 bits per heavy atom. The van der Waals surface area contributed by atoms with Crippen molar-refractivity contribution < 1.29 is 19.4 Å². The van der Waals surface area contributed by atoms with Gasteiger partial charge in [-0.15, -0.1) is 0 Å². The van der Waals surface area contributed by atoms with Gasteiger partial charge in [-0.2, -0.15) is 5.10 Å². The van der Waals surface area contributed by atoms with Crippen molar-refractivity contribution in [2.24, 2.45) is 0 Å². The van der Waals surface area contributed by atoms with Gasteiger partial charge in [0.15, 0.2) is 17.3 Å². The van der Waals surface area contributed by atoms with Gasteiger partial charge in [0.25, 0.3) is 0 Å². The van der Waals surface area contributed by atoms with Crippen LogP contribution in [0.1, 0.15) is 10.4 Å². The van der Waals surface area contributed by atoms with Crippen LogP contribution in [0.3, 0.4) is 0 Å². The van der Waals surface area contributed by atoms with Crippen molar-refractivity contribution in [3.63, 3.8) is 0 Å². The Hall–Kier alpha value is -3.09. The SMILES string of the molecule is O=C(O)c1cnn(-c2nccc3cc4c(cc23)OCO4)c1. The molecule has 1 aromatic carbocycles. The molecule has 7 heteroatoms. The van der Waals surface area contributed by atoms with Crippen LogP contribution in [0.5, 0.6) is 11.5 Å². The number of rotatable bonds is 2. The Bertz CT molecular complexity index is 872. The van der Waals surface area contributed by atoms with E-state index in [1.807, 2.05) is 18.2 Å². The van der Waals surface area contributed by atoms with E-state index in [-0.39, 0.29) is 12.4 Å². The van der Waals surface area contributed by atoms with Crippen molar-refractivity contribution in [2.75, 3.05) is 6.79 Å². The van der Waals surface area contributed by atoms with Gasteiger partial charge in [-0.25, -0.2) is 14.5 Å². The summed E-state index contributed by atoms with van der Waals surface area (Å²) in [6, 6.07) is 5.54. The summed E-state index contributed by atoms with van der Waals surface area (Å²) in [5.74, 6) is 0.839. The summed E-state index contributed by atoms with van der Waals surface area (Å²) < 4.78 is 12.2. The molecule has 3 aromatic rings. The van der Waals surface area contributed by atoms with Crippen LogP contribution in [0.4, 0.5) is 0 Å². The average molecular weight is 283 g/mol. The highest BCUT2D eigenvalue weighted by Gasteiger charge is 2.17. The molecule has 0 atom stereocenters. The van der Waals surface area contributed by atoms with Crippen molar-refractivity contribution >= 4 is 16.7 Å². The summed E-state index contributed by atoms with van der Waals surface area (Å²) >= 11 is 0. The van der Waals surface area contributed by atoms with Gasteiger partial charge in [-0.05, 0) is 23.6 Å². The van der Waals surface area contributed by atoms with E-state index in [2.05, 4.69) is 10.1 Å². The zero-order valence-electron chi connectivity index (χ0n) is 10.7. The van der Waals surface area contributed by atoms with Gasteiger partial charge >= 0.3 is 5.97 Å². The highest BCUT2D eigenvalue weighted by atomic mass is 16.7. The number of hydrogen-bond donors (Lipinski definition) is 1. The second kappa shape index (κ2) is 4.20. The van der Waals surface area contributed by atoms with E-state index in [1.165, 1.54) is 17.1 Å². The van der Waals surface area contributed by atoms with E-state index in [0.29, 0.717) is 17.3 Å². The zero-order valence-corrected chi connectivity index (χ0v) is 10.7. The van der Waals surface area contributed by atoms with Crippen LogP contribution in [-0.2, 0) is 0 Å². The maximum absolute atomic E-state index is 11.0. The molecule has 0 unspecified atom stereocenters. The van der Waals surface area contributed by atoms with Crippen molar-refractivity contribution in [2.45, 2.75) is 0 Å². The molecule has 104 valence electrons. The second-order valence-corrected chi connectivity index (χ2v) is 4.54. The fourth-order valence-electron chi connectivity index (χ4n) is 2.28. The topological polar surface area (TPSA) is 86.5 Å². The number of hydrogen-bond acceptors (Lipinski definition) is 5. The van der Waals surface area contributed by atoms with Crippen molar-refractivity contribution in [3.05, 3.63) is 42.4 Å². The number of carbonyl (C=O) groups is 1. The first-order valence-electron chi connectivity index (χ1n) is 6.19. The van der Waals surface area contributed by atoms with Crippen LogP contribution in [-0.4, -0.2) is 32.6 Å². The third-order valence-corrected chi connectivity index (χ3v) is 3.28. The van der Waals surface area contributed by atoms with Gasteiger partial charge in [-0.3, -0.25) is 0 Å². The molecule has 0 amide bonds. The molecule has 4 rings (SSSR count). The minimum Gasteiger partial charge on any atom is -0.478 e. The Morgan fingerprint density at radius 3 is 2.86 bits per heavy atom. The van der Waals surface area contributed by atoms with Gasteiger partial charge in [0.05, 0.1) is 11.8 Å². The van der Waals surface area contributed by atoms with E-state index in [0.717, 1.165) is 10.8 Å². The number of fused-ring (bicyclic) bond motifs is 2. The number of pyridine rings is 1. The largest absolute Gasteiger partial charge is 0.478 e. The summed E-state index contributed by atoms with van der Waals surface area (Å²) in [5, 5.41) is 14.7. The lowest BCUT2D eigenvalue weighted by molar-refractivity contribution is 0.0697. The highest BCUT2D eigenvalue weighted by molar-refractivity contribution is 5.92. The van der Waals surface area contributed by atoms with Gasteiger partial charge < -0.3 is 14.6 Å². The lowest BCUT2D eigenvalue weighted by Crippen LogP contribution is -1.99. The lowest BCUT2D eigenvalue weighted by Gasteiger charge is -2.06. The molecule has 1 aliphatic rings. The highest BCUT2D eigenvalue weighted by Crippen LogP contribution is 2.37. The standard InChI is InChI=1S/C14H9N3O4/c18-14(19)9-5-16-17(6-9)13-10-4-12-11(20-7-21-12)3-8(10)1-2-15-13/h1-6H,7H2,(H,18,19). The molecule has 0 bridgehead atoms. The molecule has 0 saturated heterocycles. The van der Waals surface area contributed by atoms with Crippen LogP contribution >= 0.6 is 0 Å². The summed E-state index contributed by atoms with van der Waals surface area (Å²) in [6.07, 6.45) is 4.35. The summed E-state index contributed by atoms with van der Waals surface area (Å²) in [7, 11) is 0. The molecular weight excluding hydrogens is 274 g/mol. The van der Waals surface area contributed by atoms with Crippen LogP contribution in [0.25, 0.3) is 16.6 Å². The van der Waals surface area contributed by atoms with Crippen LogP contribution in [0.15, 0.2) is 36.8 Å². The maximum Gasteiger partial charge on any atom is 0.338 e. The minimum atomic E-state index is -1.03. The number of aromatic carboxylic acids is 1. The van der Waals surface area contributed by atoms with Gasteiger partial charge in [0.1, 0.15) is 0 Å². The molecule has 0 spiro atoms. The van der Waals surface area contributed by atoms with E-state index >= 15 is 0 Å². The number of nitrogens with zero attached hydrogens (tertiary/aromatic N) is 3. The predicted molar refractivity (Wildman–Crippen MR) is 71.9 cm³/mol. The first-order chi connectivity index (χ1) is 10.2. The molecule has 2 aromatic heterocycles. The second-order valence-electron chi connectivity index (χ2n) is 4.54. The normalized spacial score (nSPS) is 12.8. The fraction of sp³-hybridized carbons (Fsp3) is 0.0714. The average Bonchev–Trinajstić information content (AvgIpc) is 3.13. The van der Waals surface area contributed by atoms with Gasteiger partial charge in [0.2, 0.25) is 6.79 Å². The lowest BCUT2D eigenvalue weighted by atomic mass is 10.1. The van der Waals surface area contributed by atoms with E-state index < -0.39 is 5.97 Å². The summed E-state index contributed by atoms with van der Waals surface area (Å²) in [6.45, 7) is 0.194. The molecule has 1 N–H and O–H groups in total. The monoisotopic (exact) mass is 283 g/mol. The van der Waals surface area contributed by atoms with Gasteiger partial charge in [-0.1, -0.05) is 0 Å². The number of aromatic nitrogens is 3. The van der Waals surface area contributed by atoms with Crippen LogP contribution in [0.2, 0.25) is 0 Å². The molecule has 21 heavy (non-hydrogen) atoms. The quantitative estimate of drug-likeness (QED) is 0.772. The molecule has 0 aliphatic carbocycles. The number of carboxylic acid groups (broad SMARTS) is 1. The molecule has 7 nitrogen and oxygen atoms in total. The van der Waals surface area contributed by atoms with Crippen molar-refractivity contribution in [1.82, 2.24) is 14.8 Å². The van der Waals surface area contributed by atoms with E-state index in [9.17, 15) is 4.79 Å². The third kappa shape index (κ3) is 1.78. The minimum absolute atomic E-state index is 0.106. The maximum atomic E-state index is 11.0. The summed E-state index contributed by atoms with van der Waals surface area (Å²) in [5.41, 5.74) is 0.106. The predicted octanol–water partition coefficient (Wildman–Crippen LogP) is 1.85. The first kappa shape index (κ1) is 11.7. The Labute approximate surface area is 118 Å². The van der Waals surface area contributed by atoms with Crippen LogP contribution in [0, 0.1) is 0 Å². The number of carboxylic acids is 1. The van der Waals surface area contributed by atoms with Crippen molar-refractivity contribution in [3.8, 4) is 17.3 Å². The summed E-state index contributed by atoms with van der Waals surface area (Å²) in [4.78, 5) is 15.2. The molecule has 0 fully saturated rings. The number of ether oxygens (including phenoxy) is 2. The zero-order chi connectivity index (χ0) is 14.4. The van der Waals surface area contributed by atoms with Crippen LogP contribution < -0.4 is 9.47 Å². The third-order valence-electron chi connectivity index (χ3n) is 3.28. The van der Waals surface area contributed by atoms with E-state index in [1.54, 1.807) is 6.20 Å². The van der Waals surface area contributed by atoms with Crippen molar-refractivity contribution in [1.29, 1.82) is 0 Å². The molecule has 0 radical (unpaired) electrons. The molecule has 0 saturated carbocycles. The fourth-order valence-corrected chi connectivity index (χ4v) is 2.28. The Balaban J connectivity index is 1.93. The molecular formula is C14H9N3O4. The first-order valence-corrected chi connectivity index (χ1v) is 6.19. The Kier molecular flexibility index (Phi) is 2.34.